The van der Waals surface area contributed by atoms with Gasteiger partial charge in [0.05, 0.1) is 12.0 Å². The standard InChI is InChI=1S/C28H34ClF2N5O3/c29-18-4-1-5-19(13-18)34-23(11-16-6-7-16)27(39)36-21-8-9-22(28(30,31)14-21)24(36)26(38)35-20(15-32)12-17-3-2-10-33-25(17)37/h1,4-5,13,16-17,20-24,34H,2-3,6-12,14H2,(H,33,37)(H,35,38)/t17-,20-,21+,22+,23-,24+/m0/s1. The largest absolute Gasteiger partial charge is 0.374 e. The maximum atomic E-state index is 15.1. The molecule has 6 atom stereocenters. The fourth-order valence-corrected chi connectivity index (χ4v) is 6.63. The molecule has 3 aliphatic heterocycles. The predicted molar refractivity (Wildman–Crippen MR) is 141 cm³/mol. The van der Waals surface area contributed by atoms with Crippen LogP contribution in [0.25, 0.3) is 0 Å². The van der Waals surface area contributed by atoms with E-state index in [1.165, 1.54) is 4.90 Å². The Morgan fingerprint density at radius 3 is 2.67 bits per heavy atom. The van der Waals surface area contributed by atoms with Crippen LogP contribution in [0.1, 0.15) is 57.8 Å². The zero-order valence-electron chi connectivity index (χ0n) is 21.7. The van der Waals surface area contributed by atoms with Crippen molar-refractivity contribution in [1.82, 2.24) is 15.5 Å². The first kappa shape index (κ1) is 27.6. The average Bonchev–Trinajstić information content (AvgIpc) is 3.72. The Kier molecular flexibility index (Phi) is 7.99. The number of alkyl halides is 2. The number of carbonyl (C=O) groups is 3. The number of hydrogen-bond acceptors (Lipinski definition) is 5. The fourth-order valence-electron chi connectivity index (χ4n) is 6.44. The summed E-state index contributed by atoms with van der Waals surface area (Å²) in [6.07, 6.45) is 4.01. The van der Waals surface area contributed by atoms with Crippen molar-refractivity contribution >= 4 is 35.0 Å². The monoisotopic (exact) mass is 561 g/mol. The molecule has 0 radical (unpaired) electrons. The first-order valence-corrected chi connectivity index (χ1v) is 14.2. The van der Waals surface area contributed by atoms with E-state index in [4.69, 9.17) is 11.6 Å². The zero-order chi connectivity index (χ0) is 27.7. The van der Waals surface area contributed by atoms with Crippen molar-refractivity contribution in [3.8, 4) is 6.07 Å². The van der Waals surface area contributed by atoms with Gasteiger partial charge in [0.1, 0.15) is 18.1 Å². The minimum atomic E-state index is -3.10. The molecular weight excluding hydrogens is 528 g/mol. The number of piperidine rings is 3. The van der Waals surface area contributed by atoms with Crippen molar-refractivity contribution in [3.05, 3.63) is 29.3 Å². The molecule has 2 bridgehead atoms. The van der Waals surface area contributed by atoms with E-state index in [2.05, 4.69) is 16.0 Å². The number of rotatable bonds is 9. The molecule has 5 fully saturated rings. The van der Waals surface area contributed by atoms with Gasteiger partial charge in [-0.15, -0.1) is 0 Å². The van der Waals surface area contributed by atoms with Gasteiger partial charge in [0.25, 0.3) is 5.92 Å². The molecule has 0 aromatic heterocycles. The second-order valence-corrected chi connectivity index (χ2v) is 11.9. The zero-order valence-corrected chi connectivity index (χ0v) is 22.4. The second kappa shape index (κ2) is 11.3. The maximum absolute atomic E-state index is 15.1. The molecule has 2 aliphatic carbocycles. The van der Waals surface area contributed by atoms with Gasteiger partial charge in [0.15, 0.2) is 0 Å². The Labute approximate surface area is 231 Å². The Bertz CT molecular complexity index is 1160. The van der Waals surface area contributed by atoms with Gasteiger partial charge in [-0.05, 0) is 62.6 Å². The lowest BCUT2D eigenvalue weighted by Gasteiger charge is -2.54. The van der Waals surface area contributed by atoms with E-state index in [9.17, 15) is 19.6 Å². The van der Waals surface area contributed by atoms with Crippen LogP contribution in [0.5, 0.6) is 0 Å². The highest BCUT2D eigenvalue weighted by Crippen LogP contribution is 2.49. The van der Waals surface area contributed by atoms with Crippen LogP contribution < -0.4 is 16.0 Å². The van der Waals surface area contributed by atoms with Gasteiger partial charge in [0.2, 0.25) is 17.7 Å². The molecule has 11 heteroatoms. The van der Waals surface area contributed by atoms with Gasteiger partial charge < -0.3 is 20.9 Å². The molecule has 8 nitrogen and oxygen atoms in total. The number of nitrogens with zero attached hydrogens (tertiary/aromatic N) is 2. The van der Waals surface area contributed by atoms with Crippen LogP contribution in [0.3, 0.4) is 0 Å². The number of anilines is 1. The van der Waals surface area contributed by atoms with Gasteiger partial charge in [-0.2, -0.15) is 5.26 Å². The first-order valence-electron chi connectivity index (χ1n) is 13.9. The quantitative estimate of drug-likeness (QED) is 0.424. The lowest BCUT2D eigenvalue weighted by molar-refractivity contribution is -0.194. The molecular formula is C28H34ClF2N5O3. The number of hydrogen-bond donors (Lipinski definition) is 3. The smallest absolute Gasteiger partial charge is 0.255 e. The molecule has 210 valence electrons. The van der Waals surface area contributed by atoms with Crippen LogP contribution in [0, 0.1) is 29.1 Å². The van der Waals surface area contributed by atoms with E-state index < -0.39 is 54.3 Å². The molecule has 0 unspecified atom stereocenters. The SMILES string of the molecule is N#C[C@H](C[C@@H]1CCCNC1=O)NC(=O)[C@H]1[C@H]2CC[C@H](CC2(F)F)N1C(=O)[C@H](CC1CC1)Nc1cccc(Cl)c1. The van der Waals surface area contributed by atoms with Crippen LogP contribution >= 0.6 is 11.6 Å². The van der Waals surface area contributed by atoms with Crippen molar-refractivity contribution in [2.75, 3.05) is 11.9 Å². The molecule has 3 heterocycles. The third-order valence-corrected chi connectivity index (χ3v) is 8.82. The summed E-state index contributed by atoms with van der Waals surface area (Å²) in [5.74, 6) is -5.83. The molecule has 3 saturated heterocycles. The van der Waals surface area contributed by atoms with Crippen molar-refractivity contribution in [2.24, 2.45) is 17.8 Å². The highest BCUT2D eigenvalue weighted by molar-refractivity contribution is 6.30. The van der Waals surface area contributed by atoms with Crippen LogP contribution in [0.15, 0.2) is 24.3 Å². The summed E-state index contributed by atoms with van der Waals surface area (Å²) in [5.41, 5.74) is 0.644. The highest BCUT2D eigenvalue weighted by atomic mass is 35.5. The number of halogens is 3. The average molecular weight is 562 g/mol. The maximum Gasteiger partial charge on any atom is 0.255 e. The van der Waals surface area contributed by atoms with Gasteiger partial charge in [-0.1, -0.05) is 30.5 Å². The summed E-state index contributed by atoms with van der Waals surface area (Å²) < 4.78 is 30.3. The van der Waals surface area contributed by atoms with E-state index in [0.717, 1.165) is 19.3 Å². The van der Waals surface area contributed by atoms with Crippen molar-refractivity contribution in [3.63, 3.8) is 0 Å². The number of fused-ring (bicyclic) bond motifs is 3. The van der Waals surface area contributed by atoms with Gasteiger partial charge in [-0.25, -0.2) is 8.78 Å². The minimum Gasteiger partial charge on any atom is -0.374 e. The molecule has 0 spiro atoms. The van der Waals surface area contributed by atoms with Crippen molar-refractivity contribution in [2.45, 2.75) is 87.9 Å². The molecule has 1 aromatic carbocycles. The number of nitriles is 1. The van der Waals surface area contributed by atoms with Crippen molar-refractivity contribution in [1.29, 1.82) is 5.26 Å². The molecule has 1 aromatic rings. The van der Waals surface area contributed by atoms with Crippen molar-refractivity contribution < 1.29 is 23.2 Å². The van der Waals surface area contributed by atoms with E-state index in [1.54, 1.807) is 24.3 Å². The summed E-state index contributed by atoms with van der Waals surface area (Å²) in [5, 5.41) is 18.9. The van der Waals surface area contributed by atoms with Gasteiger partial charge in [-0.3, -0.25) is 14.4 Å². The summed E-state index contributed by atoms with van der Waals surface area (Å²) in [6.45, 7) is 0.571. The molecule has 6 rings (SSSR count). The summed E-state index contributed by atoms with van der Waals surface area (Å²) in [7, 11) is 0. The number of benzene rings is 1. The third-order valence-electron chi connectivity index (χ3n) is 8.58. The Morgan fingerprint density at radius 2 is 2.00 bits per heavy atom. The lowest BCUT2D eigenvalue weighted by atomic mass is 9.71. The minimum absolute atomic E-state index is 0.0971. The molecule has 2 saturated carbocycles. The van der Waals surface area contributed by atoms with E-state index >= 15 is 8.78 Å². The fraction of sp³-hybridized carbons (Fsp3) is 0.643. The number of amides is 3. The normalized spacial score (nSPS) is 29.1. The molecule has 5 aliphatic rings. The second-order valence-electron chi connectivity index (χ2n) is 11.4. The van der Waals surface area contributed by atoms with Crippen LogP contribution in [-0.4, -0.2) is 59.3 Å². The highest BCUT2D eigenvalue weighted by Gasteiger charge is 2.61. The topological polar surface area (TPSA) is 114 Å². The van der Waals surface area contributed by atoms with E-state index in [-0.39, 0.29) is 24.7 Å². The lowest BCUT2D eigenvalue weighted by Crippen LogP contribution is -2.70. The third kappa shape index (κ3) is 6.13. The van der Waals surface area contributed by atoms with Crippen LogP contribution in [-0.2, 0) is 14.4 Å². The van der Waals surface area contributed by atoms with E-state index in [0.29, 0.717) is 42.4 Å². The Hall–Kier alpha value is -2.93. The first-order chi connectivity index (χ1) is 18.7. The number of carbonyl (C=O) groups excluding carboxylic acids is 3. The molecule has 39 heavy (non-hydrogen) atoms. The summed E-state index contributed by atoms with van der Waals surface area (Å²) in [4.78, 5) is 41.3. The van der Waals surface area contributed by atoms with Gasteiger partial charge in [0, 0.05) is 35.6 Å². The number of nitrogens with one attached hydrogen (secondary N) is 3. The van der Waals surface area contributed by atoms with Crippen LogP contribution in [0.4, 0.5) is 14.5 Å². The molecule has 3 N–H and O–H groups in total. The predicted octanol–water partition coefficient (Wildman–Crippen LogP) is 3.86. The summed E-state index contributed by atoms with van der Waals surface area (Å²) in [6, 6.07) is 5.10. The molecule has 3 amide bonds. The van der Waals surface area contributed by atoms with Crippen LogP contribution in [0.2, 0.25) is 5.02 Å². The Morgan fingerprint density at radius 1 is 1.21 bits per heavy atom. The summed E-state index contributed by atoms with van der Waals surface area (Å²) >= 11 is 6.14. The van der Waals surface area contributed by atoms with Gasteiger partial charge >= 0.3 is 0 Å². The van der Waals surface area contributed by atoms with E-state index in [1.807, 2.05) is 6.07 Å². The Balaban J connectivity index is 1.38.